The molecule has 1 fully saturated rings. The molecule has 1 saturated heterocycles. The topological polar surface area (TPSA) is 139 Å². The lowest BCUT2D eigenvalue weighted by molar-refractivity contribution is -0.161. The van der Waals surface area contributed by atoms with Crippen LogP contribution in [0.3, 0.4) is 0 Å². The van der Waals surface area contributed by atoms with Crippen LogP contribution >= 0.6 is 0 Å². The Labute approximate surface area is 137 Å². The summed E-state index contributed by atoms with van der Waals surface area (Å²) in [6, 6.07) is 5.47. The summed E-state index contributed by atoms with van der Waals surface area (Å²) in [5.74, 6) is -2.29. The maximum Gasteiger partial charge on any atom is 0.408 e. The minimum Gasteiger partial charge on any atom is -0.467 e. The third kappa shape index (κ3) is 3.63. The fourth-order valence-electron chi connectivity index (χ4n) is 2.10. The first-order chi connectivity index (χ1) is 11.3. The number of hydrogen-bond donors (Lipinski definition) is 2. The predicted octanol–water partition coefficient (Wildman–Crippen LogP) is -0.532. The Kier molecular flexibility index (Phi) is 5.04. The molecule has 0 aliphatic carbocycles. The van der Waals surface area contributed by atoms with Crippen molar-refractivity contribution in [2.45, 2.75) is 18.7 Å². The number of methoxy groups -OCH3 is 1. The highest BCUT2D eigenvalue weighted by atomic mass is 32.2. The number of carbonyl (C=O) groups excluding carboxylic acids is 3. The molecule has 1 aliphatic rings. The molecule has 130 valence electrons. The third-order valence-corrected chi connectivity index (χ3v) is 4.13. The zero-order valence-electron chi connectivity index (χ0n) is 12.4. The van der Waals surface area contributed by atoms with Gasteiger partial charge >= 0.3 is 22.4 Å². The van der Waals surface area contributed by atoms with Gasteiger partial charge in [-0.2, -0.15) is 12.7 Å². The van der Waals surface area contributed by atoms with Gasteiger partial charge in [-0.05, 0) is 5.56 Å². The number of ether oxygens (including phenoxy) is 2. The van der Waals surface area contributed by atoms with E-state index in [4.69, 9.17) is 9.29 Å². The first kappa shape index (κ1) is 17.7. The molecule has 0 radical (unpaired) electrons. The number of nitrogens with zero attached hydrogens (tertiary/aromatic N) is 1. The van der Waals surface area contributed by atoms with Crippen LogP contribution in [0.15, 0.2) is 30.3 Å². The molecule has 2 atom stereocenters. The van der Waals surface area contributed by atoms with E-state index in [1.807, 2.05) is 0 Å². The number of esters is 1. The van der Waals surface area contributed by atoms with E-state index in [-0.39, 0.29) is 10.9 Å². The van der Waals surface area contributed by atoms with Crippen LogP contribution in [0.5, 0.6) is 0 Å². The molecule has 24 heavy (non-hydrogen) atoms. The molecular formula is C13H14N2O8S. The van der Waals surface area contributed by atoms with Crippen LogP contribution in [0.1, 0.15) is 5.56 Å². The summed E-state index contributed by atoms with van der Waals surface area (Å²) in [6.07, 6.45) is -1.03. The van der Waals surface area contributed by atoms with Gasteiger partial charge in [0.05, 0.1) is 7.11 Å². The third-order valence-electron chi connectivity index (χ3n) is 3.23. The van der Waals surface area contributed by atoms with Gasteiger partial charge < -0.3 is 14.8 Å². The fourth-order valence-corrected chi connectivity index (χ4v) is 2.94. The second-order valence-electron chi connectivity index (χ2n) is 4.76. The summed E-state index contributed by atoms with van der Waals surface area (Å²) in [4.78, 5) is 35.1. The van der Waals surface area contributed by atoms with Crippen LogP contribution in [-0.4, -0.2) is 54.4 Å². The van der Waals surface area contributed by atoms with Crippen molar-refractivity contribution < 1.29 is 36.8 Å². The molecule has 2 amide bonds. The van der Waals surface area contributed by atoms with Crippen molar-refractivity contribution in [2.75, 3.05) is 7.11 Å². The lowest BCUT2D eigenvalue weighted by Gasteiger charge is -2.41. The van der Waals surface area contributed by atoms with Crippen molar-refractivity contribution in [3.63, 3.8) is 0 Å². The SMILES string of the molecule is COC(=O)C1C(NC(=O)OCc2ccccc2)C(=O)N1S(=O)(=O)O. The van der Waals surface area contributed by atoms with Crippen LogP contribution in [0.25, 0.3) is 0 Å². The van der Waals surface area contributed by atoms with Crippen LogP contribution < -0.4 is 5.32 Å². The van der Waals surface area contributed by atoms with Gasteiger partial charge in [0.1, 0.15) is 12.6 Å². The molecule has 2 N–H and O–H groups in total. The van der Waals surface area contributed by atoms with E-state index in [0.29, 0.717) is 5.56 Å². The van der Waals surface area contributed by atoms with E-state index in [0.717, 1.165) is 7.11 Å². The minimum absolute atomic E-state index is 0.0685. The van der Waals surface area contributed by atoms with E-state index in [2.05, 4.69) is 10.1 Å². The quantitative estimate of drug-likeness (QED) is 0.407. The van der Waals surface area contributed by atoms with E-state index in [1.165, 1.54) is 0 Å². The summed E-state index contributed by atoms with van der Waals surface area (Å²) in [6.45, 7) is -0.0848. The first-order valence-electron chi connectivity index (χ1n) is 6.61. The van der Waals surface area contributed by atoms with Crippen molar-refractivity contribution in [3.05, 3.63) is 35.9 Å². The van der Waals surface area contributed by atoms with Crippen molar-refractivity contribution in [3.8, 4) is 0 Å². The molecule has 0 spiro atoms. The van der Waals surface area contributed by atoms with E-state index in [1.54, 1.807) is 30.3 Å². The maximum absolute atomic E-state index is 11.8. The summed E-state index contributed by atoms with van der Waals surface area (Å²) in [7, 11) is -3.98. The van der Waals surface area contributed by atoms with Crippen molar-refractivity contribution in [1.82, 2.24) is 9.62 Å². The minimum atomic E-state index is -4.95. The summed E-state index contributed by atoms with van der Waals surface area (Å²) in [5.41, 5.74) is 0.691. The predicted molar refractivity (Wildman–Crippen MR) is 77.7 cm³/mol. The number of hydrogen-bond acceptors (Lipinski definition) is 7. The number of nitrogens with one attached hydrogen (secondary N) is 1. The smallest absolute Gasteiger partial charge is 0.408 e. The van der Waals surface area contributed by atoms with Crippen molar-refractivity contribution in [1.29, 1.82) is 0 Å². The molecule has 1 heterocycles. The normalized spacial score (nSPS) is 20.1. The average Bonchev–Trinajstić information content (AvgIpc) is 2.54. The number of benzene rings is 1. The number of carbonyl (C=O) groups is 3. The molecule has 0 bridgehead atoms. The number of amides is 2. The number of alkyl carbamates (subject to hydrolysis) is 1. The Morgan fingerprint density at radius 1 is 1.29 bits per heavy atom. The van der Waals surface area contributed by atoms with E-state index < -0.39 is 40.4 Å². The lowest BCUT2D eigenvalue weighted by Crippen LogP contribution is -2.74. The van der Waals surface area contributed by atoms with Gasteiger partial charge in [-0.15, -0.1) is 0 Å². The van der Waals surface area contributed by atoms with E-state index >= 15 is 0 Å². The Morgan fingerprint density at radius 3 is 2.46 bits per heavy atom. The maximum atomic E-state index is 11.8. The van der Waals surface area contributed by atoms with Gasteiger partial charge in [0.15, 0.2) is 6.04 Å². The average molecular weight is 358 g/mol. The highest BCUT2D eigenvalue weighted by Gasteiger charge is 2.58. The van der Waals surface area contributed by atoms with Crippen LogP contribution in [0.4, 0.5) is 4.79 Å². The van der Waals surface area contributed by atoms with Gasteiger partial charge in [0.25, 0.3) is 5.91 Å². The van der Waals surface area contributed by atoms with Gasteiger partial charge in [-0.1, -0.05) is 30.3 Å². The Hall–Kier alpha value is -2.66. The zero-order chi connectivity index (χ0) is 17.9. The molecule has 1 aliphatic heterocycles. The standard InChI is InChI=1S/C13H14N2O8S/c1-22-12(17)10-9(11(16)15(10)24(19,20)21)14-13(18)23-7-8-5-3-2-4-6-8/h2-6,9-10H,7H2,1H3,(H,14,18)(H,19,20,21). The van der Waals surface area contributed by atoms with Gasteiger partial charge in [-0.25, -0.2) is 9.59 Å². The van der Waals surface area contributed by atoms with Gasteiger partial charge in [0, 0.05) is 0 Å². The van der Waals surface area contributed by atoms with Gasteiger partial charge in [-0.3, -0.25) is 9.35 Å². The first-order valence-corrected chi connectivity index (χ1v) is 8.01. The second kappa shape index (κ2) is 6.84. The second-order valence-corrected chi connectivity index (χ2v) is 6.05. The lowest BCUT2D eigenvalue weighted by atomic mass is 9.99. The van der Waals surface area contributed by atoms with E-state index in [9.17, 15) is 22.8 Å². The molecule has 1 aromatic carbocycles. The molecule has 0 saturated carbocycles. The molecule has 10 nitrogen and oxygen atoms in total. The van der Waals surface area contributed by atoms with Crippen LogP contribution in [0, 0.1) is 0 Å². The highest BCUT2D eigenvalue weighted by Crippen LogP contribution is 2.24. The highest BCUT2D eigenvalue weighted by molar-refractivity contribution is 7.84. The largest absolute Gasteiger partial charge is 0.467 e. The fraction of sp³-hybridized carbons (Fsp3) is 0.308. The molecule has 2 unspecified atom stereocenters. The van der Waals surface area contributed by atoms with Crippen LogP contribution in [0.2, 0.25) is 0 Å². The number of β-lactam (4-membered cyclic amide) rings is 1. The molecule has 0 aromatic heterocycles. The van der Waals surface area contributed by atoms with Gasteiger partial charge in [0.2, 0.25) is 0 Å². The molecular weight excluding hydrogens is 344 g/mol. The van der Waals surface area contributed by atoms with Crippen LogP contribution in [-0.2, 0) is 36.0 Å². The molecule has 2 rings (SSSR count). The van der Waals surface area contributed by atoms with Crippen molar-refractivity contribution in [2.24, 2.45) is 0 Å². The summed E-state index contributed by atoms with van der Waals surface area (Å²) < 4.78 is 40.3. The van der Waals surface area contributed by atoms with Crippen molar-refractivity contribution >= 4 is 28.3 Å². The zero-order valence-corrected chi connectivity index (χ0v) is 13.2. The molecule has 11 heteroatoms. The monoisotopic (exact) mass is 358 g/mol. The Bertz CT molecular complexity index is 748. The summed E-state index contributed by atoms with van der Waals surface area (Å²) in [5, 5.41) is 2.08. The number of rotatable bonds is 5. The molecule has 1 aromatic rings. The summed E-state index contributed by atoms with van der Waals surface area (Å²) >= 11 is 0. The Balaban J connectivity index is 2.01. The Morgan fingerprint density at radius 2 is 1.92 bits per heavy atom.